The molecule has 0 fully saturated rings. The molecule has 2 heteroatoms. The first-order valence-corrected chi connectivity index (χ1v) is 3.26. The molecule has 0 amide bonds. The monoisotopic (exact) mass is 147 g/mol. The molecule has 0 aliphatic rings. The molecular weight excluding hydrogens is 138 g/mol. The summed E-state index contributed by atoms with van der Waals surface area (Å²) < 4.78 is 0. The maximum absolute atomic E-state index is 8.68. The molecule has 0 saturated heterocycles. The van der Waals surface area contributed by atoms with E-state index in [-0.39, 0.29) is 0 Å². The molecular formula is C9H9NO. The van der Waals surface area contributed by atoms with Gasteiger partial charge in [0.15, 0.2) is 0 Å². The Hall–Kier alpha value is -1.46. The lowest BCUT2D eigenvalue weighted by molar-refractivity contribution is 0.388. The van der Waals surface area contributed by atoms with E-state index in [1.807, 2.05) is 19.1 Å². The Balaban J connectivity index is 3.27. The van der Waals surface area contributed by atoms with Gasteiger partial charge in [-0.2, -0.15) is 0 Å². The maximum Gasteiger partial charge on any atom is 0.0787 e. The van der Waals surface area contributed by atoms with Crippen LogP contribution in [0.2, 0.25) is 0 Å². The quantitative estimate of drug-likeness (QED) is 0.468. The lowest BCUT2D eigenvalue weighted by atomic mass is 10.1. The molecule has 2 nitrogen and oxygen atoms in total. The average molecular weight is 147 g/mol. The van der Waals surface area contributed by atoms with Crippen molar-refractivity contribution < 1.29 is 5.21 Å². The molecule has 0 unspecified atom stereocenters. The van der Waals surface area contributed by atoms with Crippen LogP contribution < -0.4 is 5.48 Å². The van der Waals surface area contributed by atoms with Gasteiger partial charge in [-0.25, -0.2) is 0 Å². The molecule has 0 bridgehead atoms. The number of terminal acetylenes is 1. The van der Waals surface area contributed by atoms with Crippen LogP contribution in [0.25, 0.3) is 0 Å². The van der Waals surface area contributed by atoms with Crippen molar-refractivity contribution in [3.8, 4) is 12.3 Å². The molecule has 0 heterocycles. The fourth-order valence-corrected chi connectivity index (χ4v) is 0.936. The minimum atomic E-state index is 0.606. The lowest BCUT2D eigenvalue weighted by Crippen LogP contribution is -1.95. The second kappa shape index (κ2) is 3.09. The molecule has 0 saturated carbocycles. The summed E-state index contributed by atoms with van der Waals surface area (Å²) in [6.45, 7) is 1.87. The van der Waals surface area contributed by atoms with Crippen LogP contribution in [-0.2, 0) is 0 Å². The number of aryl methyl sites for hydroxylation is 1. The van der Waals surface area contributed by atoms with Gasteiger partial charge in [-0.05, 0) is 18.6 Å². The average Bonchev–Trinajstić information content (AvgIpc) is 2.04. The van der Waals surface area contributed by atoms with Crippen LogP contribution in [0.1, 0.15) is 11.1 Å². The summed E-state index contributed by atoms with van der Waals surface area (Å²) >= 11 is 0. The van der Waals surface area contributed by atoms with E-state index in [0.29, 0.717) is 11.3 Å². The highest BCUT2D eigenvalue weighted by Gasteiger charge is 1.99. The van der Waals surface area contributed by atoms with Gasteiger partial charge in [-0.1, -0.05) is 18.1 Å². The third-order valence-electron chi connectivity index (χ3n) is 1.54. The van der Waals surface area contributed by atoms with E-state index < -0.39 is 0 Å². The Morgan fingerprint density at radius 3 is 2.73 bits per heavy atom. The molecule has 11 heavy (non-hydrogen) atoms. The zero-order valence-electron chi connectivity index (χ0n) is 6.26. The Morgan fingerprint density at radius 1 is 1.55 bits per heavy atom. The van der Waals surface area contributed by atoms with Crippen molar-refractivity contribution >= 4 is 5.69 Å². The van der Waals surface area contributed by atoms with Crippen molar-refractivity contribution in [2.75, 3.05) is 5.48 Å². The summed E-state index contributed by atoms with van der Waals surface area (Å²) in [5, 5.41) is 8.68. The Kier molecular flexibility index (Phi) is 2.15. The Bertz CT molecular complexity index is 299. The van der Waals surface area contributed by atoms with E-state index in [1.54, 1.807) is 6.07 Å². The summed E-state index contributed by atoms with van der Waals surface area (Å²) in [5.74, 6) is 2.46. The van der Waals surface area contributed by atoms with Crippen LogP contribution in [0.3, 0.4) is 0 Å². The molecule has 1 aromatic rings. The summed E-state index contributed by atoms with van der Waals surface area (Å²) in [7, 11) is 0. The van der Waals surface area contributed by atoms with Gasteiger partial charge in [0, 0.05) is 5.56 Å². The van der Waals surface area contributed by atoms with Crippen LogP contribution in [-0.4, -0.2) is 5.21 Å². The first-order valence-electron chi connectivity index (χ1n) is 3.26. The van der Waals surface area contributed by atoms with Gasteiger partial charge in [0.2, 0.25) is 0 Å². The zero-order valence-corrected chi connectivity index (χ0v) is 6.26. The minimum Gasteiger partial charge on any atom is -0.291 e. The number of anilines is 1. The van der Waals surface area contributed by atoms with Crippen LogP contribution in [0.5, 0.6) is 0 Å². The summed E-state index contributed by atoms with van der Waals surface area (Å²) in [5.41, 5.74) is 4.29. The van der Waals surface area contributed by atoms with Crippen molar-refractivity contribution in [2.24, 2.45) is 0 Å². The molecule has 0 spiro atoms. The Labute approximate surface area is 65.8 Å². The fourth-order valence-electron chi connectivity index (χ4n) is 0.936. The molecule has 1 aromatic carbocycles. The van der Waals surface area contributed by atoms with E-state index in [0.717, 1.165) is 5.56 Å². The highest BCUT2D eigenvalue weighted by atomic mass is 16.5. The third kappa shape index (κ3) is 1.34. The number of rotatable bonds is 1. The fraction of sp³-hybridized carbons (Fsp3) is 0.111. The number of hydrogen-bond acceptors (Lipinski definition) is 2. The second-order valence-electron chi connectivity index (χ2n) is 2.25. The number of benzene rings is 1. The van der Waals surface area contributed by atoms with Crippen molar-refractivity contribution in [1.82, 2.24) is 0 Å². The van der Waals surface area contributed by atoms with Crippen LogP contribution >= 0.6 is 0 Å². The van der Waals surface area contributed by atoms with Crippen molar-refractivity contribution in [3.63, 3.8) is 0 Å². The second-order valence-corrected chi connectivity index (χ2v) is 2.25. The molecule has 0 aliphatic heterocycles. The molecule has 0 aromatic heterocycles. The first-order chi connectivity index (χ1) is 5.29. The minimum absolute atomic E-state index is 0.606. The first kappa shape index (κ1) is 7.64. The van der Waals surface area contributed by atoms with Crippen LogP contribution in [0.4, 0.5) is 5.69 Å². The largest absolute Gasteiger partial charge is 0.291 e. The molecule has 0 radical (unpaired) electrons. The van der Waals surface area contributed by atoms with Crippen molar-refractivity contribution in [3.05, 3.63) is 29.3 Å². The maximum atomic E-state index is 8.68. The van der Waals surface area contributed by atoms with Crippen LogP contribution in [0.15, 0.2) is 18.2 Å². The van der Waals surface area contributed by atoms with Crippen molar-refractivity contribution in [2.45, 2.75) is 6.92 Å². The topological polar surface area (TPSA) is 32.3 Å². The highest BCUT2D eigenvalue weighted by molar-refractivity contribution is 5.61. The third-order valence-corrected chi connectivity index (χ3v) is 1.54. The van der Waals surface area contributed by atoms with Gasteiger partial charge in [0.1, 0.15) is 0 Å². The molecule has 0 atom stereocenters. The molecule has 2 N–H and O–H groups in total. The van der Waals surface area contributed by atoms with E-state index in [2.05, 4.69) is 11.4 Å². The standard InChI is InChI=1S/C9H9NO/c1-3-8-6-4-5-7(2)9(8)10-11/h1,4-6,10-11H,2H3. The smallest absolute Gasteiger partial charge is 0.0787 e. The van der Waals surface area contributed by atoms with Gasteiger partial charge >= 0.3 is 0 Å². The predicted octanol–water partition coefficient (Wildman–Crippen LogP) is 1.78. The van der Waals surface area contributed by atoms with Gasteiger partial charge in [0.05, 0.1) is 5.69 Å². The number of para-hydroxylation sites is 1. The summed E-state index contributed by atoms with van der Waals surface area (Å²) in [6, 6.07) is 5.50. The Morgan fingerprint density at radius 2 is 2.27 bits per heavy atom. The summed E-state index contributed by atoms with van der Waals surface area (Å²) in [4.78, 5) is 0. The van der Waals surface area contributed by atoms with Gasteiger partial charge in [0.25, 0.3) is 0 Å². The highest BCUT2D eigenvalue weighted by Crippen LogP contribution is 2.17. The molecule has 0 aliphatic carbocycles. The van der Waals surface area contributed by atoms with Gasteiger partial charge in [-0.15, -0.1) is 6.42 Å². The summed E-state index contributed by atoms with van der Waals surface area (Å²) in [6.07, 6.45) is 5.19. The predicted molar refractivity (Wildman–Crippen MR) is 44.5 cm³/mol. The number of hydrogen-bond donors (Lipinski definition) is 2. The molecule has 56 valence electrons. The van der Waals surface area contributed by atoms with Gasteiger partial charge < -0.3 is 0 Å². The van der Waals surface area contributed by atoms with E-state index >= 15 is 0 Å². The lowest BCUT2D eigenvalue weighted by Gasteiger charge is -2.04. The normalized spacial score (nSPS) is 8.82. The number of nitrogens with one attached hydrogen (secondary N) is 1. The van der Waals surface area contributed by atoms with E-state index in [4.69, 9.17) is 11.6 Å². The molecule has 1 rings (SSSR count). The van der Waals surface area contributed by atoms with Crippen LogP contribution in [0, 0.1) is 19.3 Å². The van der Waals surface area contributed by atoms with E-state index in [9.17, 15) is 0 Å². The van der Waals surface area contributed by atoms with Gasteiger partial charge in [-0.3, -0.25) is 10.7 Å². The van der Waals surface area contributed by atoms with Crippen molar-refractivity contribution in [1.29, 1.82) is 0 Å². The SMILES string of the molecule is C#Cc1cccc(C)c1NO. The van der Waals surface area contributed by atoms with E-state index in [1.165, 1.54) is 0 Å². The zero-order chi connectivity index (χ0) is 8.27.